The number of rotatable bonds is 6. The minimum atomic E-state index is -1.02. The summed E-state index contributed by atoms with van der Waals surface area (Å²) in [5.74, 6) is -0.684. The van der Waals surface area contributed by atoms with Crippen molar-refractivity contribution in [2.45, 2.75) is 32.0 Å². The summed E-state index contributed by atoms with van der Waals surface area (Å²) in [7, 11) is 0. The summed E-state index contributed by atoms with van der Waals surface area (Å²) < 4.78 is 7.40. The van der Waals surface area contributed by atoms with Crippen LogP contribution in [0.15, 0.2) is 60.8 Å². The first kappa shape index (κ1) is 23.7. The standard InChI is InChI=1S/C27H28N4O5/c32-25(28-16-18-5-4-8-21(15-18)27(34)35)22-17-30-11-12-31(26(33)20-9-13-36-14-10-20)23(24(30)29-22)19-6-2-1-3-7-19/h1-8,15,17,20,23H,9-14,16H2,(H,28,32)(H,34,35). The van der Waals surface area contributed by atoms with Crippen molar-refractivity contribution >= 4 is 17.8 Å². The maximum atomic E-state index is 13.5. The number of imidazole rings is 1. The maximum absolute atomic E-state index is 13.5. The summed E-state index contributed by atoms with van der Waals surface area (Å²) in [6.07, 6.45) is 3.15. The predicted octanol–water partition coefficient (Wildman–Crippen LogP) is 2.87. The number of carboxylic acids is 1. The Morgan fingerprint density at radius 3 is 2.56 bits per heavy atom. The number of aromatic nitrogens is 2. The lowest BCUT2D eigenvalue weighted by atomic mass is 9.95. The van der Waals surface area contributed by atoms with Gasteiger partial charge in [-0.25, -0.2) is 9.78 Å². The van der Waals surface area contributed by atoms with Gasteiger partial charge in [-0.15, -0.1) is 0 Å². The first-order valence-electron chi connectivity index (χ1n) is 12.1. The number of carbonyl (C=O) groups excluding carboxylic acids is 2. The van der Waals surface area contributed by atoms with Crippen LogP contribution < -0.4 is 5.32 Å². The van der Waals surface area contributed by atoms with Crippen LogP contribution in [0.5, 0.6) is 0 Å². The summed E-state index contributed by atoms with van der Waals surface area (Å²) in [6, 6.07) is 15.8. The van der Waals surface area contributed by atoms with Gasteiger partial charge >= 0.3 is 5.97 Å². The lowest BCUT2D eigenvalue weighted by Gasteiger charge is -2.38. The van der Waals surface area contributed by atoms with E-state index in [0.717, 1.165) is 5.56 Å². The van der Waals surface area contributed by atoms with E-state index in [1.165, 1.54) is 12.1 Å². The average Bonchev–Trinajstić information content (AvgIpc) is 3.36. The summed E-state index contributed by atoms with van der Waals surface area (Å²) in [5.41, 5.74) is 2.06. The quantitative estimate of drug-likeness (QED) is 0.552. The van der Waals surface area contributed by atoms with Crippen molar-refractivity contribution in [3.63, 3.8) is 0 Å². The average molecular weight is 489 g/mol. The second-order valence-corrected chi connectivity index (χ2v) is 9.10. The first-order valence-corrected chi connectivity index (χ1v) is 12.1. The highest BCUT2D eigenvalue weighted by Gasteiger charge is 2.37. The monoisotopic (exact) mass is 488 g/mol. The zero-order chi connectivity index (χ0) is 25.1. The molecule has 1 atom stereocenters. The Bertz CT molecular complexity index is 1270. The molecule has 3 aromatic rings. The molecule has 2 amide bonds. The third-order valence-corrected chi connectivity index (χ3v) is 6.77. The van der Waals surface area contributed by atoms with Crippen molar-refractivity contribution in [1.82, 2.24) is 19.8 Å². The highest BCUT2D eigenvalue weighted by Crippen LogP contribution is 2.34. The molecule has 5 rings (SSSR count). The lowest BCUT2D eigenvalue weighted by molar-refractivity contribution is -0.141. The van der Waals surface area contributed by atoms with Gasteiger partial charge in [-0.3, -0.25) is 9.59 Å². The van der Waals surface area contributed by atoms with Gasteiger partial charge in [-0.05, 0) is 36.1 Å². The van der Waals surface area contributed by atoms with E-state index in [9.17, 15) is 19.5 Å². The largest absolute Gasteiger partial charge is 0.478 e. The van der Waals surface area contributed by atoms with Crippen LogP contribution >= 0.6 is 0 Å². The van der Waals surface area contributed by atoms with Crippen molar-refractivity contribution < 1.29 is 24.2 Å². The van der Waals surface area contributed by atoms with Crippen LogP contribution in [0.4, 0.5) is 0 Å². The van der Waals surface area contributed by atoms with Gasteiger partial charge in [0.1, 0.15) is 17.6 Å². The molecule has 2 aliphatic rings. The van der Waals surface area contributed by atoms with Crippen molar-refractivity contribution in [3.8, 4) is 0 Å². The van der Waals surface area contributed by atoms with Gasteiger partial charge in [0.2, 0.25) is 5.91 Å². The van der Waals surface area contributed by atoms with Gasteiger partial charge in [0.15, 0.2) is 0 Å². The van der Waals surface area contributed by atoms with Crippen molar-refractivity contribution in [2.75, 3.05) is 19.8 Å². The molecule has 9 heteroatoms. The third-order valence-electron chi connectivity index (χ3n) is 6.77. The molecule has 2 aliphatic heterocycles. The fraction of sp³-hybridized carbons (Fsp3) is 0.333. The number of fused-ring (bicyclic) bond motifs is 1. The number of amides is 2. The number of ether oxygens (including phenoxy) is 1. The van der Waals surface area contributed by atoms with Crippen LogP contribution in [0.2, 0.25) is 0 Å². The number of nitrogens with zero attached hydrogens (tertiary/aromatic N) is 3. The summed E-state index contributed by atoms with van der Waals surface area (Å²) >= 11 is 0. The number of aromatic carboxylic acids is 1. The minimum absolute atomic E-state index is 0.0733. The van der Waals surface area contributed by atoms with Crippen LogP contribution in [0.25, 0.3) is 0 Å². The molecular weight excluding hydrogens is 460 g/mol. The topological polar surface area (TPSA) is 114 Å². The fourth-order valence-electron chi connectivity index (χ4n) is 4.89. The molecule has 9 nitrogen and oxygen atoms in total. The van der Waals surface area contributed by atoms with E-state index in [0.29, 0.717) is 50.5 Å². The number of carboxylic acid groups (broad SMARTS) is 1. The SMILES string of the molecule is O=C(O)c1cccc(CNC(=O)c2cn3c(n2)C(c2ccccc2)N(C(=O)C2CCOCC2)CC3)c1. The van der Waals surface area contributed by atoms with E-state index >= 15 is 0 Å². The first-order chi connectivity index (χ1) is 17.5. The van der Waals surface area contributed by atoms with Crippen molar-refractivity contribution in [1.29, 1.82) is 0 Å². The van der Waals surface area contributed by atoms with Gasteiger partial charge in [-0.2, -0.15) is 0 Å². The molecular formula is C27H28N4O5. The molecule has 1 saturated heterocycles. The van der Waals surface area contributed by atoms with Gasteiger partial charge in [-0.1, -0.05) is 42.5 Å². The molecule has 0 saturated carbocycles. The normalized spacial score (nSPS) is 17.9. The smallest absolute Gasteiger partial charge is 0.335 e. The second-order valence-electron chi connectivity index (χ2n) is 9.10. The van der Waals surface area contributed by atoms with Gasteiger partial charge in [0, 0.05) is 45.0 Å². The summed E-state index contributed by atoms with van der Waals surface area (Å²) in [4.78, 5) is 44.3. The Balaban J connectivity index is 1.38. The Morgan fingerprint density at radius 2 is 1.81 bits per heavy atom. The molecule has 1 fully saturated rings. The minimum Gasteiger partial charge on any atom is -0.478 e. The fourth-order valence-corrected chi connectivity index (χ4v) is 4.89. The molecule has 186 valence electrons. The molecule has 1 unspecified atom stereocenters. The van der Waals surface area contributed by atoms with Gasteiger partial charge in [0.25, 0.3) is 5.91 Å². The van der Waals surface area contributed by atoms with Gasteiger partial charge in [0.05, 0.1) is 5.56 Å². The zero-order valence-electron chi connectivity index (χ0n) is 19.8. The van der Waals surface area contributed by atoms with E-state index in [1.54, 1.807) is 18.3 Å². The Kier molecular flexibility index (Phi) is 6.81. The number of nitrogens with one attached hydrogen (secondary N) is 1. The molecule has 36 heavy (non-hydrogen) atoms. The highest BCUT2D eigenvalue weighted by atomic mass is 16.5. The van der Waals surface area contributed by atoms with E-state index < -0.39 is 5.97 Å². The predicted molar refractivity (Wildman–Crippen MR) is 130 cm³/mol. The second kappa shape index (κ2) is 10.3. The van der Waals surface area contributed by atoms with E-state index in [4.69, 9.17) is 4.74 Å². The van der Waals surface area contributed by atoms with Crippen LogP contribution in [0, 0.1) is 5.92 Å². The highest BCUT2D eigenvalue weighted by molar-refractivity contribution is 5.92. The van der Waals surface area contributed by atoms with Crippen molar-refractivity contribution in [2.24, 2.45) is 5.92 Å². The molecule has 2 aromatic carbocycles. The number of carbonyl (C=O) groups is 3. The molecule has 0 aliphatic carbocycles. The van der Waals surface area contributed by atoms with Crippen LogP contribution in [-0.4, -0.2) is 57.1 Å². The Morgan fingerprint density at radius 1 is 1.03 bits per heavy atom. The molecule has 0 radical (unpaired) electrons. The molecule has 2 N–H and O–H groups in total. The summed E-state index contributed by atoms with van der Waals surface area (Å²) in [6.45, 7) is 2.44. The van der Waals surface area contributed by atoms with Crippen molar-refractivity contribution in [3.05, 3.63) is 89.0 Å². The van der Waals surface area contributed by atoms with Crippen LogP contribution in [-0.2, 0) is 22.6 Å². The Labute approximate surface area is 208 Å². The zero-order valence-corrected chi connectivity index (χ0v) is 19.8. The van der Waals surface area contributed by atoms with E-state index in [2.05, 4.69) is 10.3 Å². The maximum Gasteiger partial charge on any atom is 0.335 e. The molecule has 1 aromatic heterocycles. The molecule has 0 bridgehead atoms. The number of hydrogen-bond acceptors (Lipinski definition) is 5. The number of hydrogen-bond donors (Lipinski definition) is 2. The number of benzene rings is 2. The van der Waals surface area contributed by atoms with E-state index in [1.807, 2.05) is 39.8 Å². The van der Waals surface area contributed by atoms with Crippen LogP contribution in [0.3, 0.4) is 0 Å². The van der Waals surface area contributed by atoms with E-state index in [-0.39, 0.29) is 41.6 Å². The van der Waals surface area contributed by atoms with Gasteiger partial charge < -0.3 is 24.6 Å². The Hall–Kier alpha value is -3.98. The molecule has 0 spiro atoms. The third kappa shape index (κ3) is 4.87. The lowest BCUT2D eigenvalue weighted by Crippen LogP contribution is -2.46. The van der Waals surface area contributed by atoms with Crippen LogP contribution in [0.1, 0.15) is 56.7 Å². The molecule has 3 heterocycles. The summed E-state index contributed by atoms with van der Waals surface area (Å²) in [5, 5.41) is 12.0.